The van der Waals surface area contributed by atoms with E-state index in [1.165, 1.54) is 4.90 Å². The zero-order valence-corrected chi connectivity index (χ0v) is 10.3. The average molecular weight is 235 g/mol. The van der Waals surface area contributed by atoms with Gasteiger partial charge in [0, 0.05) is 19.2 Å². The van der Waals surface area contributed by atoms with Gasteiger partial charge >= 0.3 is 6.09 Å². The van der Waals surface area contributed by atoms with E-state index < -0.39 is 26.9 Å². The lowest BCUT2D eigenvalue weighted by atomic mass is 10.2. The van der Waals surface area contributed by atoms with Crippen molar-refractivity contribution in [2.24, 2.45) is 0 Å². The van der Waals surface area contributed by atoms with Crippen LogP contribution in [0.15, 0.2) is 0 Å². The van der Waals surface area contributed by atoms with Gasteiger partial charge in [-0.05, 0) is 20.8 Å². The van der Waals surface area contributed by atoms with Gasteiger partial charge in [0.25, 0.3) is 0 Å². The molecule has 1 unspecified atom stereocenters. The van der Waals surface area contributed by atoms with Crippen molar-refractivity contribution in [3.8, 4) is 0 Å². The maximum Gasteiger partial charge on any atom is 0.411 e. The maximum absolute atomic E-state index is 11.5. The number of ether oxygens (including phenoxy) is 1. The second-order valence-electron chi connectivity index (χ2n) is 4.75. The molecule has 1 saturated heterocycles. The summed E-state index contributed by atoms with van der Waals surface area (Å²) in [6.07, 6.45) is 1.08. The average Bonchev–Trinajstić information content (AvgIpc) is 1.72. The fraction of sp³-hybridized carbons (Fsp3) is 0.889. The van der Waals surface area contributed by atoms with E-state index in [0.717, 1.165) is 6.26 Å². The third-order valence-corrected chi connectivity index (χ3v) is 3.57. The van der Waals surface area contributed by atoms with E-state index in [1.807, 2.05) is 0 Å². The third-order valence-electron chi connectivity index (χ3n) is 2.09. The third kappa shape index (κ3) is 3.09. The topological polar surface area (TPSA) is 63.7 Å². The molecule has 0 aromatic carbocycles. The van der Waals surface area contributed by atoms with E-state index in [4.69, 9.17) is 4.74 Å². The molecule has 0 aliphatic carbocycles. The summed E-state index contributed by atoms with van der Waals surface area (Å²) in [4.78, 5) is 12.8. The molecule has 6 heteroatoms. The standard InChI is InChI=1S/C9H17NO4S/c1-9(2,3)14-8(11)10-6-5-7(10)15(4,12)13/h7H,5-6H2,1-4H3. The Hall–Kier alpha value is -0.780. The monoisotopic (exact) mass is 235 g/mol. The van der Waals surface area contributed by atoms with E-state index in [9.17, 15) is 13.2 Å². The molecule has 1 aliphatic heterocycles. The molecule has 0 bridgehead atoms. The van der Waals surface area contributed by atoms with Crippen LogP contribution in [0.25, 0.3) is 0 Å². The lowest BCUT2D eigenvalue weighted by Crippen LogP contribution is -2.55. The minimum atomic E-state index is -3.19. The molecule has 5 nitrogen and oxygen atoms in total. The lowest BCUT2D eigenvalue weighted by Gasteiger charge is -2.39. The first-order chi connectivity index (χ1) is 6.61. The van der Waals surface area contributed by atoms with Gasteiger partial charge in [-0.25, -0.2) is 13.2 Å². The molecular weight excluding hydrogens is 218 g/mol. The van der Waals surface area contributed by atoms with Crippen LogP contribution in [0.3, 0.4) is 0 Å². The second kappa shape index (κ2) is 3.66. The number of carbonyl (C=O) groups is 1. The van der Waals surface area contributed by atoms with Crippen molar-refractivity contribution in [1.29, 1.82) is 0 Å². The van der Waals surface area contributed by atoms with Gasteiger partial charge in [-0.2, -0.15) is 0 Å². The Kier molecular flexibility index (Phi) is 3.00. The van der Waals surface area contributed by atoms with E-state index in [-0.39, 0.29) is 0 Å². The smallest absolute Gasteiger partial charge is 0.411 e. The van der Waals surface area contributed by atoms with Crippen LogP contribution in [0.4, 0.5) is 4.79 Å². The highest BCUT2D eigenvalue weighted by molar-refractivity contribution is 7.91. The van der Waals surface area contributed by atoms with Gasteiger partial charge in [0.05, 0.1) is 0 Å². The van der Waals surface area contributed by atoms with Crippen LogP contribution < -0.4 is 0 Å². The van der Waals surface area contributed by atoms with Gasteiger partial charge < -0.3 is 4.74 Å². The Morgan fingerprint density at radius 2 is 1.93 bits per heavy atom. The Labute approximate surface area is 90.3 Å². The van der Waals surface area contributed by atoms with Gasteiger partial charge in [-0.3, -0.25) is 4.90 Å². The highest BCUT2D eigenvalue weighted by Gasteiger charge is 2.41. The van der Waals surface area contributed by atoms with Crippen LogP contribution in [0.5, 0.6) is 0 Å². The Morgan fingerprint density at radius 3 is 2.20 bits per heavy atom. The number of carbonyl (C=O) groups excluding carboxylic acids is 1. The molecule has 1 heterocycles. The Morgan fingerprint density at radius 1 is 1.40 bits per heavy atom. The summed E-state index contributed by atoms with van der Waals surface area (Å²) in [7, 11) is -3.19. The predicted molar refractivity (Wildman–Crippen MR) is 56.2 cm³/mol. The van der Waals surface area contributed by atoms with Crippen molar-refractivity contribution in [2.75, 3.05) is 12.8 Å². The zero-order chi connectivity index (χ0) is 11.9. The lowest BCUT2D eigenvalue weighted by molar-refractivity contribution is 0.00723. The maximum atomic E-state index is 11.5. The summed E-state index contributed by atoms with van der Waals surface area (Å²) >= 11 is 0. The first-order valence-electron chi connectivity index (χ1n) is 4.80. The van der Waals surface area contributed by atoms with Crippen LogP contribution in [0.1, 0.15) is 27.2 Å². The Balaban J connectivity index is 2.64. The summed E-state index contributed by atoms with van der Waals surface area (Å²) in [6.45, 7) is 5.70. The molecule has 0 radical (unpaired) electrons. The molecule has 1 amide bonds. The largest absolute Gasteiger partial charge is 0.444 e. The van der Waals surface area contributed by atoms with Gasteiger partial charge in [-0.1, -0.05) is 0 Å². The zero-order valence-electron chi connectivity index (χ0n) is 9.48. The molecule has 1 atom stereocenters. The number of hydrogen-bond acceptors (Lipinski definition) is 4. The van der Waals surface area contributed by atoms with E-state index in [0.29, 0.717) is 13.0 Å². The molecule has 88 valence electrons. The molecule has 0 aromatic heterocycles. The van der Waals surface area contributed by atoms with E-state index >= 15 is 0 Å². The van der Waals surface area contributed by atoms with Crippen molar-refractivity contribution >= 4 is 15.9 Å². The van der Waals surface area contributed by atoms with Crippen LogP contribution in [0.2, 0.25) is 0 Å². The number of hydrogen-bond donors (Lipinski definition) is 0. The Bertz CT molecular complexity index is 355. The minimum Gasteiger partial charge on any atom is -0.444 e. The first kappa shape index (κ1) is 12.3. The van der Waals surface area contributed by atoms with Gasteiger partial charge in [0.2, 0.25) is 0 Å². The molecule has 0 aromatic rings. The fourth-order valence-corrected chi connectivity index (χ4v) is 2.53. The SMILES string of the molecule is CC(C)(C)OC(=O)N1CCC1S(C)(=O)=O. The highest BCUT2D eigenvalue weighted by atomic mass is 32.2. The summed E-state index contributed by atoms with van der Waals surface area (Å²) in [5.41, 5.74) is -0.589. The van der Waals surface area contributed by atoms with Gasteiger partial charge in [0.1, 0.15) is 11.0 Å². The van der Waals surface area contributed by atoms with Crippen molar-refractivity contribution in [3.05, 3.63) is 0 Å². The minimum absolute atomic E-state index is 0.451. The number of likely N-dealkylation sites (tertiary alicyclic amines) is 1. The molecule has 0 N–H and O–H groups in total. The summed E-state index contributed by atoms with van der Waals surface area (Å²) < 4.78 is 27.6. The molecular formula is C9H17NO4S. The van der Waals surface area contributed by atoms with Crippen molar-refractivity contribution < 1.29 is 17.9 Å². The first-order valence-corrected chi connectivity index (χ1v) is 6.75. The van der Waals surface area contributed by atoms with Crippen LogP contribution in [-0.4, -0.2) is 43.2 Å². The molecule has 1 rings (SSSR count). The summed E-state index contributed by atoms with van der Waals surface area (Å²) in [6, 6.07) is 0. The normalized spacial score (nSPS) is 22.1. The highest BCUT2D eigenvalue weighted by Crippen LogP contribution is 2.24. The molecule has 0 saturated carbocycles. The number of nitrogens with zero attached hydrogens (tertiary/aromatic N) is 1. The van der Waals surface area contributed by atoms with Crippen molar-refractivity contribution in [1.82, 2.24) is 4.90 Å². The van der Waals surface area contributed by atoms with E-state index in [2.05, 4.69) is 0 Å². The quantitative estimate of drug-likeness (QED) is 0.680. The summed E-state index contributed by atoms with van der Waals surface area (Å²) in [5.74, 6) is 0. The van der Waals surface area contributed by atoms with Crippen LogP contribution in [0, 0.1) is 0 Å². The number of amides is 1. The number of rotatable bonds is 1. The van der Waals surface area contributed by atoms with E-state index in [1.54, 1.807) is 20.8 Å². The molecule has 1 aliphatic rings. The fourth-order valence-electron chi connectivity index (χ4n) is 1.34. The van der Waals surface area contributed by atoms with Crippen molar-refractivity contribution in [3.63, 3.8) is 0 Å². The molecule has 0 spiro atoms. The molecule has 1 fully saturated rings. The molecule has 15 heavy (non-hydrogen) atoms. The van der Waals surface area contributed by atoms with Crippen LogP contribution >= 0.6 is 0 Å². The second-order valence-corrected chi connectivity index (χ2v) is 6.95. The van der Waals surface area contributed by atoms with Gasteiger partial charge in [-0.15, -0.1) is 0 Å². The van der Waals surface area contributed by atoms with Crippen LogP contribution in [-0.2, 0) is 14.6 Å². The number of sulfone groups is 1. The van der Waals surface area contributed by atoms with Crippen molar-refractivity contribution in [2.45, 2.75) is 38.2 Å². The van der Waals surface area contributed by atoms with Gasteiger partial charge in [0.15, 0.2) is 9.84 Å². The predicted octanol–water partition coefficient (Wildman–Crippen LogP) is 0.998. The summed E-state index contributed by atoms with van der Waals surface area (Å²) in [5, 5.41) is -0.702.